The molecular formula is C11H18N6. The number of hydrogen-bond acceptors (Lipinski definition) is 5. The van der Waals surface area contributed by atoms with Crippen LogP contribution in [0.5, 0.6) is 0 Å². The van der Waals surface area contributed by atoms with Crippen molar-refractivity contribution < 1.29 is 0 Å². The van der Waals surface area contributed by atoms with Gasteiger partial charge in [0, 0.05) is 25.5 Å². The topological polar surface area (TPSA) is 58.4 Å². The van der Waals surface area contributed by atoms with E-state index in [2.05, 4.69) is 39.2 Å². The summed E-state index contributed by atoms with van der Waals surface area (Å²) in [6.45, 7) is 8.34. The normalized spacial score (nSPS) is 11.2. The first-order valence-electron chi connectivity index (χ1n) is 5.95. The SMILES string of the molecule is CCN(CC)CCNc1nccn2cnnc12. The lowest BCUT2D eigenvalue weighted by Crippen LogP contribution is -2.28. The quantitative estimate of drug-likeness (QED) is 0.804. The number of hydrogen-bond donors (Lipinski definition) is 1. The van der Waals surface area contributed by atoms with E-state index in [0.29, 0.717) is 0 Å². The Morgan fingerprint density at radius 2 is 2.18 bits per heavy atom. The van der Waals surface area contributed by atoms with E-state index >= 15 is 0 Å². The minimum atomic E-state index is 0.770. The molecule has 17 heavy (non-hydrogen) atoms. The maximum Gasteiger partial charge on any atom is 0.203 e. The predicted octanol–water partition coefficient (Wildman–Crippen LogP) is 0.878. The molecule has 1 N–H and O–H groups in total. The van der Waals surface area contributed by atoms with E-state index in [-0.39, 0.29) is 0 Å². The summed E-state index contributed by atoms with van der Waals surface area (Å²) in [5, 5.41) is 11.2. The lowest BCUT2D eigenvalue weighted by Gasteiger charge is -2.18. The summed E-state index contributed by atoms with van der Waals surface area (Å²) >= 11 is 0. The number of aromatic nitrogens is 4. The van der Waals surface area contributed by atoms with Crippen molar-refractivity contribution in [3.05, 3.63) is 18.7 Å². The zero-order valence-corrected chi connectivity index (χ0v) is 10.3. The number of fused-ring (bicyclic) bond motifs is 1. The van der Waals surface area contributed by atoms with E-state index in [1.165, 1.54) is 0 Å². The Morgan fingerprint density at radius 1 is 1.35 bits per heavy atom. The molecule has 0 saturated heterocycles. The van der Waals surface area contributed by atoms with Crippen molar-refractivity contribution in [1.29, 1.82) is 0 Å². The van der Waals surface area contributed by atoms with Crippen LogP contribution in [-0.2, 0) is 0 Å². The molecule has 0 saturated carbocycles. The third-order valence-corrected chi connectivity index (χ3v) is 2.83. The average molecular weight is 234 g/mol. The highest BCUT2D eigenvalue weighted by Crippen LogP contribution is 2.08. The molecule has 0 atom stereocenters. The van der Waals surface area contributed by atoms with Crippen LogP contribution >= 0.6 is 0 Å². The fraction of sp³-hybridized carbons (Fsp3) is 0.545. The lowest BCUT2D eigenvalue weighted by molar-refractivity contribution is 0.316. The molecule has 0 bridgehead atoms. The van der Waals surface area contributed by atoms with Crippen LogP contribution in [0.3, 0.4) is 0 Å². The second-order valence-corrected chi connectivity index (χ2v) is 3.79. The van der Waals surface area contributed by atoms with Crippen LogP contribution in [0.1, 0.15) is 13.8 Å². The van der Waals surface area contributed by atoms with Crippen molar-refractivity contribution in [2.45, 2.75) is 13.8 Å². The standard InChI is InChI=1S/C11H18N6/c1-3-16(4-2)7-5-12-10-11-15-14-9-17(11)8-6-13-10/h6,8-9H,3-5,7H2,1-2H3,(H,12,13). The molecule has 2 rings (SSSR count). The fourth-order valence-electron chi connectivity index (χ4n) is 1.76. The highest BCUT2D eigenvalue weighted by molar-refractivity contribution is 5.61. The predicted molar refractivity (Wildman–Crippen MR) is 67.1 cm³/mol. The van der Waals surface area contributed by atoms with Gasteiger partial charge < -0.3 is 10.2 Å². The summed E-state index contributed by atoms with van der Waals surface area (Å²) in [6.07, 6.45) is 5.26. The molecule has 0 aromatic carbocycles. The molecule has 2 aromatic heterocycles. The minimum absolute atomic E-state index is 0.770. The molecule has 0 amide bonds. The Bertz CT molecular complexity index is 462. The van der Waals surface area contributed by atoms with Crippen LogP contribution in [0.15, 0.2) is 18.7 Å². The second-order valence-electron chi connectivity index (χ2n) is 3.79. The van der Waals surface area contributed by atoms with Crippen molar-refractivity contribution in [3.63, 3.8) is 0 Å². The van der Waals surface area contributed by atoms with Crippen LogP contribution in [0.2, 0.25) is 0 Å². The molecule has 6 heteroatoms. The molecule has 0 radical (unpaired) electrons. The van der Waals surface area contributed by atoms with Gasteiger partial charge >= 0.3 is 0 Å². The fourth-order valence-corrected chi connectivity index (χ4v) is 1.76. The summed E-state index contributed by atoms with van der Waals surface area (Å²) < 4.78 is 1.85. The zero-order chi connectivity index (χ0) is 12.1. The maximum absolute atomic E-state index is 4.27. The molecule has 92 valence electrons. The minimum Gasteiger partial charge on any atom is -0.366 e. The third kappa shape index (κ3) is 2.71. The van der Waals surface area contributed by atoms with E-state index in [1.807, 2.05) is 10.6 Å². The van der Waals surface area contributed by atoms with Crippen molar-refractivity contribution in [3.8, 4) is 0 Å². The molecule has 2 aromatic rings. The molecule has 0 aliphatic rings. The van der Waals surface area contributed by atoms with E-state index in [4.69, 9.17) is 0 Å². The number of nitrogens with zero attached hydrogens (tertiary/aromatic N) is 5. The Morgan fingerprint density at radius 3 is 2.94 bits per heavy atom. The first-order chi connectivity index (χ1) is 8.35. The van der Waals surface area contributed by atoms with Crippen molar-refractivity contribution in [1.82, 2.24) is 24.5 Å². The van der Waals surface area contributed by atoms with Crippen LogP contribution in [-0.4, -0.2) is 50.7 Å². The van der Waals surface area contributed by atoms with Crippen molar-refractivity contribution in [2.24, 2.45) is 0 Å². The van der Waals surface area contributed by atoms with Crippen LogP contribution in [0.25, 0.3) is 5.65 Å². The van der Waals surface area contributed by atoms with Gasteiger partial charge in [0.2, 0.25) is 5.65 Å². The van der Waals surface area contributed by atoms with Gasteiger partial charge in [-0.25, -0.2) is 4.98 Å². The van der Waals surface area contributed by atoms with Gasteiger partial charge in [-0.2, -0.15) is 0 Å². The van der Waals surface area contributed by atoms with E-state index in [9.17, 15) is 0 Å². The van der Waals surface area contributed by atoms with Gasteiger partial charge in [-0.15, -0.1) is 10.2 Å². The summed E-state index contributed by atoms with van der Waals surface area (Å²) in [6, 6.07) is 0. The number of nitrogens with one attached hydrogen (secondary N) is 1. The first kappa shape index (κ1) is 11.8. The Labute approximate surface area is 101 Å². The number of anilines is 1. The maximum atomic E-state index is 4.27. The molecule has 6 nitrogen and oxygen atoms in total. The summed E-state index contributed by atoms with van der Waals surface area (Å²) in [7, 11) is 0. The summed E-state index contributed by atoms with van der Waals surface area (Å²) in [5.74, 6) is 0.789. The molecule has 0 unspecified atom stereocenters. The van der Waals surface area contributed by atoms with Gasteiger partial charge in [0.15, 0.2) is 5.82 Å². The second kappa shape index (κ2) is 5.58. The van der Waals surface area contributed by atoms with Crippen LogP contribution in [0.4, 0.5) is 5.82 Å². The molecule has 0 aliphatic carbocycles. The van der Waals surface area contributed by atoms with Crippen molar-refractivity contribution >= 4 is 11.5 Å². The Kier molecular flexibility index (Phi) is 3.87. The van der Waals surface area contributed by atoms with Gasteiger partial charge in [-0.1, -0.05) is 13.8 Å². The summed E-state index contributed by atoms with van der Waals surface area (Å²) in [5.41, 5.74) is 0.770. The Balaban J connectivity index is 1.97. The van der Waals surface area contributed by atoms with Crippen molar-refractivity contribution in [2.75, 3.05) is 31.5 Å². The van der Waals surface area contributed by atoms with Gasteiger partial charge in [0.05, 0.1) is 0 Å². The smallest absolute Gasteiger partial charge is 0.203 e. The summed E-state index contributed by atoms with van der Waals surface area (Å²) in [4.78, 5) is 6.63. The van der Waals surface area contributed by atoms with E-state index < -0.39 is 0 Å². The third-order valence-electron chi connectivity index (χ3n) is 2.83. The highest BCUT2D eigenvalue weighted by atomic mass is 15.2. The number of likely N-dealkylation sites (N-methyl/N-ethyl adjacent to an activating group) is 1. The molecular weight excluding hydrogens is 216 g/mol. The largest absolute Gasteiger partial charge is 0.366 e. The van der Waals surface area contributed by atoms with Gasteiger partial charge in [-0.3, -0.25) is 4.40 Å². The molecule has 0 spiro atoms. The molecule has 0 aliphatic heterocycles. The monoisotopic (exact) mass is 234 g/mol. The number of rotatable bonds is 6. The average Bonchev–Trinajstić information content (AvgIpc) is 2.83. The first-order valence-corrected chi connectivity index (χ1v) is 5.95. The highest BCUT2D eigenvalue weighted by Gasteiger charge is 2.04. The zero-order valence-electron chi connectivity index (χ0n) is 10.3. The lowest BCUT2D eigenvalue weighted by atomic mass is 10.4. The van der Waals surface area contributed by atoms with E-state index in [0.717, 1.165) is 37.6 Å². The van der Waals surface area contributed by atoms with Gasteiger partial charge in [-0.05, 0) is 13.1 Å². The molecule has 2 heterocycles. The van der Waals surface area contributed by atoms with Gasteiger partial charge in [0.25, 0.3) is 0 Å². The van der Waals surface area contributed by atoms with Crippen LogP contribution < -0.4 is 5.32 Å². The molecule has 0 fully saturated rings. The van der Waals surface area contributed by atoms with E-state index in [1.54, 1.807) is 12.5 Å². The van der Waals surface area contributed by atoms with Gasteiger partial charge in [0.1, 0.15) is 6.33 Å². The van der Waals surface area contributed by atoms with Crippen LogP contribution in [0, 0.1) is 0 Å². The Hall–Kier alpha value is -1.69.